The van der Waals surface area contributed by atoms with Gasteiger partial charge in [0, 0.05) is 10.9 Å². The summed E-state index contributed by atoms with van der Waals surface area (Å²) in [5.74, 6) is -2.62. The molecular weight excluding hydrogens is 400 g/mol. The molecule has 5 aliphatic carbocycles. The van der Waals surface area contributed by atoms with Crippen LogP contribution in [-0.4, -0.2) is 28.9 Å². The van der Waals surface area contributed by atoms with Crippen molar-refractivity contribution < 1.29 is 19.5 Å². The van der Waals surface area contributed by atoms with Gasteiger partial charge in [0.05, 0.1) is 17.4 Å². The predicted octanol–water partition coefficient (Wildman–Crippen LogP) is 3.76. The zero-order chi connectivity index (χ0) is 20.8. The Hall–Kier alpha value is -2.15. The standard InChI is InChI=1S/C23H28N2O4S/c26-20(17-12-8-10-13(11-9-12)18(17)23(28)29)25-22-19(15-6-3-7-16(15)30-22)21(27)24-14-4-1-2-5-14/h8,10,12-14,17-18H,1-7,9,11H2,(H,24,27)(H,25,26)(H,28,29)/t12-,13+,17-,18+/m1/s1. The number of thiophene rings is 1. The molecule has 0 radical (unpaired) electrons. The summed E-state index contributed by atoms with van der Waals surface area (Å²) in [6.45, 7) is 0. The molecule has 0 aromatic carbocycles. The minimum absolute atomic E-state index is 0.0429. The highest BCUT2D eigenvalue weighted by atomic mass is 32.1. The maximum Gasteiger partial charge on any atom is 0.307 e. The normalized spacial score (nSPS) is 29.7. The van der Waals surface area contributed by atoms with Gasteiger partial charge in [-0.25, -0.2) is 0 Å². The van der Waals surface area contributed by atoms with Crippen molar-refractivity contribution in [3.05, 3.63) is 28.2 Å². The van der Waals surface area contributed by atoms with Crippen LogP contribution in [0.4, 0.5) is 5.00 Å². The van der Waals surface area contributed by atoms with E-state index in [0.29, 0.717) is 10.6 Å². The van der Waals surface area contributed by atoms with Gasteiger partial charge in [-0.2, -0.15) is 0 Å². The van der Waals surface area contributed by atoms with Crippen LogP contribution in [0.25, 0.3) is 0 Å². The van der Waals surface area contributed by atoms with E-state index in [1.165, 1.54) is 16.2 Å². The molecule has 4 atom stereocenters. The van der Waals surface area contributed by atoms with Gasteiger partial charge in [0.1, 0.15) is 5.00 Å². The quantitative estimate of drug-likeness (QED) is 0.622. The van der Waals surface area contributed by atoms with E-state index in [1.807, 2.05) is 12.2 Å². The van der Waals surface area contributed by atoms with Gasteiger partial charge in [-0.15, -0.1) is 11.3 Å². The van der Waals surface area contributed by atoms with Crippen LogP contribution in [0.2, 0.25) is 0 Å². The Labute approximate surface area is 180 Å². The summed E-state index contributed by atoms with van der Waals surface area (Å²) in [5, 5.41) is 16.6. The predicted molar refractivity (Wildman–Crippen MR) is 115 cm³/mol. The molecule has 2 fully saturated rings. The van der Waals surface area contributed by atoms with E-state index >= 15 is 0 Å². The fraction of sp³-hybridized carbons (Fsp3) is 0.609. The van der Waals surface area contributed by atoms with Crippen molar-refractivity contribution >= 4 is 34.1 Å². The first-order chi connectivity index (χ1) is 14.5. The lowest BCUT2D eigenvalue weighted by Crippen LogP contribution is -2.47. The topological polar surface area (TPSA) is 95.5 Å². The molecule has 7 heteroatoms. The first-order valence-corrected chi connectivity index (χ1v) is 12.0. The van der Waals surface area contributed by atoms with Gasteiger partial charge in [0.25, 0.3) is 5.91 Å². The van der Waals surface area contributed by atoms with E-state index in [1.54, 1.807) is 0 Å². The Morgan fingerprint density at radius 1 is 0.933 bits per heavy atom. The van der Waals surface area contributed by atoms with E-state index in [0.717, 1.165) is 63.4 Å². The Morgan fingerprint density at radius 2 is 1.63 bits per heavy atom. The maximum atomic E-state index is 13.3. The number of nitrogens with one attached hydrogen (secondary N) is 2. The monoisotopic (exact) mass is 428 g/mol. The number of carbonyl (C=O) groups excluding carboxylic acids is 2. The molecule has 2 saturated carbocycles. The first kappa shape index (κ1) is 19.8. The summed E-state index contributed by atoms with van der Waals surface area (Å²) in [4.78, 5) is 39.5. The molecule has 0 aliphatic heterocycles. The molecule has 6 nitrogen and oxygen atoms in total. The molecule has 5 aliphatic rings. The summed E-state index contributed by atoms with van der Waals surface area (Å²) in [6, 6.07) is 0.216. The fourth-order valence-electron chi connectivity index (χ4n) is 5.94. The number of amides is 2. The minimum atomic E-state index is -0.901. The third kappa shape index (κ3) is 3.37. The molecule has 2 amide bonds. The number of aliphatic carboxylic acids is 1. The molecule has 3 N–H and O–H groups in total. The van der Waals surface area contributed by atoms with Crippen LogP contribution in [0.3, 0.4) is 0 Å². The van der Waals surface area contributed by atoms with Crippen LogP contribution >= 0.6 is 11.3 Å². The number of fused-ring (bicyclic) bond motifs is 3. The van der Waals surface area contributed by atoms with Gasteiger partial charge in [0.2, 0.25) is 5.91 Å². The van der Waals surface area contributed by atoms with Crippen LogP contribution in [-0.2, 0) is 22.4 Å². The van der Waals surface area contributed by atoms with Gasteiger partial charge in [-0.05, 0) is 62.3 Å². The Morgan fingerprint density at radius 3 is 2.30 bits per heavy atom. The van der Waals surface area contributed by atoms with E-state index in [9.17, 15) is 19.5 Å². The Bertz CT molecular complexity index is 915. The number of allylic oxidation sites excluding steroid dienone is 2. The summed E-state index contributed by atoms with van der Waals surface area (Å²) >= 11 is 1.50. The molecule has 0 saturated heterocycles. The van der Waals surface area contributed by atoms with Crippen LogP contribution in [0.5, 0.6) is 0 Å². The third-order valence-corrected chi connectivity index (χ3v) is 8.62. The highest BCUT2D eigenvalue weighted by molar-refractivity contribution is 7.17. The SMILES string of the molecule is O=C(NC1CCCC1)c1c(NC(=O)[C@H]2[C@@H](C(=O)O)[C@H]3C=C[C@@H]2CC3)sc2c1CCC2. The van der Waals surface area contributed by atoms with Crippen molar-refractivity contribution in [1.82, 2.24) is 5.32 Å². The van der Waals surface area contributed by atoms with Crippen LogP contribution in [0.1, 0.15) is 65.7 Å². The molecule has 6 rings (SSSR count). The van der Waals surface area contributed by atoms with Crippen LogP contribution in [0, 0.1) is 23.7 Å². The summed E-state index contributed by atoms with van der Waals surface area (Å²) < 4.78 is 0. The average Bonchev–Trinajstić information content (AvgIpc) is 3.45. The van der Waals surface area contributed by atoms with E-state index in [4.69, 9.17) is 0 Å². The molecular formula is C23H28N2O4S. The lowest BCUT2D eigenvalue weighted by Gasteiger charge is -2.41. The van der Waals surface area contributed by atoms with Gasteiger partial charge in [-0.3, -0.25) is 14.4 Å². The van der Waals surface area contributed by atoms with Gasteiger partial charge in [-0.1, -0.05) is 25.0 Å². The van der Waals surface area contributed by atoms with E-state index in [-0.39, 0.29) is 29.7 Å². The van der Waals surface area contributed by atoms with Crippen molar-refractivity contribution in [3.8, 4) is 0 Å². The van der Waals surface area contributed by atoms with Crippen molar-refractivity contribution in [2.24, 2.45) is 23.7 Å². The zero-order valence-corrected chi connectivity index (χ0v) is 17.8. The lowest BCUT2D eigenvalue weighted by atomic mass is 9.62. The summed E-state index contributed by atoms with van der Waals surface area (Å²) in [7, 11) is 0. The Balaban J connectivity index is 1.40. The van der Waals surface area contributed by atoms with Crippen molar-refractivity contribution in [2.45, 2.75) is 63.8 Å². The third-order valence-electron chi connectivity index (χ3n) is 7.41. The number of hydrogen-bond acceptors (Lipinski definition) is 4. The maximum absolute atomic E-state index is 13.3. The number of carboxylic acid groups (broad SMARTS) is 1. The number of carbonyl (C=O) groups is 3. The smallest absolute Gasteiger partial charge is 0.307 e. The molecule has 1 aromatic rings. The number of aryl methyl sites for hydroxylation is 1. The first-order valence-electron chi connectivity index (χ1n) is 11.2. The van der Waals surface area contributed by atoms with Crippen LogP contribution < -0.4 is 10.6 Å². The number of carboxylic acids is 1. The van der Waals surface area contributed by atoms with Crippen molar-refractivity contribution in [3.63, 3.8) is 0 Å². The zero-order valence-electron chi connectivity index (χ0n) is 17.0. The van der Waals surface area contributed by atoms with Crippen molar-refractivity contribution in [2.75, 3.05) is 5.32 Å². The second kappa shape index (κ2) is 7.84. The molecule has 30 heavy (non-hydrogen) atoms. The van der Waals surface area contributed by atoms with Gasteiger partial charge in [0.15, 0.2) is 0 Å². The highest BCUT2D eigenvalue weighted by Crippen LogP contribution is 2.46. The Kier molecular flexibility index (Phi) is 5.17. The number of rotatable bonds is 5. The molecule has 0 spiro atoms. The molecule has 1 heterocycles. The van der Waals surface area contributed by atoms with Gasteiger partial charge < -0.3 is 15.7 Å². The van der Waals surface area contributed by atoms with Crippen molar-refractivity contribution in [1.29, 1.82) is 0 Å². The molecule has 160 valence electrons. The minimum Gasteiger partial charge on any atom is -0.481 e. The fourth-order valence-corrected chi connectivity index (χ4v) is 7.23. The van der Waals surface area contributed by atoms with Crippen LogP contribution in [0.15, 0.2) is 12.2 Å². The van der Waals surface area contributed by atoms with E-state index in [2.05, 4.69) is 10.6 Å². The highest BCUT2D eigenvalue weighted by Gasteiger charge is 2.48. The second-order valence-corrected chi connectivity index (χ2v) is 10.3. The second-order valence-electron chi connectivity index (χ2n) is 9.19. The van der Waals surface area contributed by atoms with E-state index < -0.39 is 17.8 Å². The molecule has 1 aromatic heterocycles. The molecule has 2 bridgehead atoms. The average molecular weight is 429 g/mol. The lowest BCUT2D eigenvalue weighted by molar-refractivity contribution is -0.151. The number of hydrogen-bond donors (Lipinski definition) is 3. The van der Waals surface area contributed by atoms with Gasteiger partial charge >= 0.3 is 5.97 Å². The number of anilines is 1. The largest absolute Gasteiger partial charge is 0.481 e. The summed E-state index contributed by atoms with van der Waals surface area (Å²) in [5.41, 5.74) is 1.70. The summed E-state index contributed by atoms with van der Waals surface area (Å²) in [6.07, 6.45) is 12.8. The molecule has 0 unspecified atom stereocenters.